The Morgan fingerprint density at radius 3 is 2.84 bits per heavy atom. The molecule has 108 valence electrons. The Labute approximate surface area is 121 Å². The highest BCUT2D eigenvalue weighted by Gasteiger charge is 2.33. The minimum atomic E-state index is 0.318. The van der Waals surface area contributed by atoms with Crippen LogP contribution >= 0.6 is 11.3 Å². The lowest BCUT2D eigenvalue weighted by molar-refractivity contribution is 0.0747. The molecule has 0 spiro atoms. The van der Waals surface area contributed by atoms with Crippen molar-refractivity contribution in [3.8, 4) is 0 Å². The molecule has 0 aromatic carbocycles. The largest absolute Gasteiger partial charge is 0.311 e. The van der Waals surface area contributed by atoms with E-state index in [1.807, 2.05) is 6.20 Å². The first-order chi connectivity index (χ1) is 9.00. The normalized spacial score (nSPS) is 25.7. The van der Waals surface area contributed by atoms with Gasteiger partial charge in [-0.3, -0.25) is 4.90 Å². The van der Waals surface area contributed by atoms with Crippen LogP contribution in [0.15, 0.2) is 11.6 Å². The molecule has 1 aromatic rings. The van der Waals surface area contributed by atoms with E-state index >= 15 is 0 Å². The Bertz CT molecular complexity index is 369. The van der Waals surface area contributed by atoms with Gasteiger partial charge in [-0.15, -0.1) is 11.3 Å². The third-order valence-corrected chi connectivity index (χ3v) is 4.79. The van der Waals surface area contributed by atoms with Crippen molar-refractivity contribution in [2.24, 2.45) is 5.41 Å². The second kappa shape index (κ2) is 6.33. The van der Waals surface area contributed by atoms with Crippen molar-refractivity contribution in [3.05, 3.63) is 16.6 Å². The van der Waals surface area contributed by atoms with Gasteiger partial charge < -0.3 is 5.32 Å². The average molecular weight is 281 g/mol. The van der Waals surface area contributed by atoms with Gasteiger partial charge in [0, 0.05) is 36.8 Å². The van der Waals surface area contributed by atoms with Crippen molar-refractivity contribution in [2.45, 2.75) is 59.2 Å². The smallest absolute Gasteiger partial charge is 0.107 e. The van der Waals surface area contributed by atoms with Gasteiger partial charge in [0.2, 0.25) is 0 Å². The number of hydrogen-bond acceptors (Lipinski definition) is 4. The van der Waals surface area contributed by atoms with Crippen LogP contribution in [-0.2, 0) is 6.54 Å². The molecule has 4 heteroatoms. The van der Waals surface area contributed by atoms with Crippen molar-refractivity contribution in [1.29, 1.82) is 0 Å². The minimum absolute atomic E-state index is 0.318. The topological polar surface area (TPSA) is 28.2 Å². The minimum Gasteiger partial charge on any atom is -0.311 e. The molecule has 1 N–H and O–H groups in total. The summed E-state index contributed by atoms with van der Waals surface area (Å²) < 4.78 is 0. The fourth-order valence-electron chi connectivity index (χ4n) is 2.75. The second-order valence-electron chi connectivity index (χ2n) is 6.62. The molecule has 1 fully saturated rings. The molecule has 2 rings (SSSR count). The first-order valence-electron chi connectivity index (χ1n) is 7.36. The summed E-state index contributed by atoms with van der Waals surface area (Å²) in [5.74, 6) is 0. The van der Waals surface area contributed by atoms with E-state index in [0.717, 1.165) is 19.6 Å². The van der Waals surface area contributed by atoms with E-state index in [4.69, 9.17) is 0 Å². The van der Waals surface area contributed by atoms with Gasteiger partial charge in [-0.2, -0.15) is 0 Å². The summed E-state index contributed by atoms with van der Waals surface area (Å²) in [4.78, 5) is 7.08. The maximum absolute atomic E-state index is 4.45. The van der Waals surface area contributed by atoms with Crippen molar-refractivity contribution in [2.75, 3.05) is 13.1 Å². The highest BCUT2D eigenvalue weighted by atomic mass is 32.1. The van der Waals surface area contributed by atoms with Gasteiger partial charge in [-0.1, -0.05) is 34.1 Å². The lowest BCUT2D eigenvalue weighted by Crippen LogP contribution is -2.59. The van der Waals surface area contributed by atoms with E-state index < -0.39 is 0 Å². The van der Waals surface area contributed by atoms with Crippen LogP contribution in [0.5, 0.6) is 0 Å². The Morgan fingerprint density at radius 1 is 1.47 bits per heavy atom. The maximum Gasteiger partial charge on any atom is 0.107 e. The molecule has 0 aliphatic carbocycles. The molecule has 0 amide bonds. The molecule has 1 aliphatic rings. The number of piperazine rings is 1. The van der Waals surface area contributed by atoms with Gasteiger partial charge in [-0.25, -0.2) is 4.98 Å². The second-order valence-corrected chi connectivity index (χ2v) is 7.60. The zero-order valence-electron chi connectivity index (χ0n) is 12.6. The van der Waals surface area contributed by atoms with Gasteiger partial charge in [0.05, 0.1) is 6.54 Å². The molecular weight excluding hydrogens is 254 g/mol. The molecule has 1 aliphatic heterocycles. The molecule has 2 unspecified atom stereocenters. The van der Waals surface area contributed by atoms with E-state index in [-0.39, 0.29) is 0 Å². The first kappa shape index (κ1) is 14.9. The highest BCUT2D eigenvalue weighted by Crippen LogP contribution is 2.26. The van der Waals surface area contributed by atoms with Gasteiger partial charge in [0.1, 0.15) is 5.01 Å². The number of aromatic nitrogens is 1. The van der Waals surface area contributed by atoms with Crippen molar-refractivity contribution >= 4 is 11.3 Å². The summed E-state index contributed by atoms with van der Waals surface area (Å²) in [6, 6.07) is 1.23. The molecule has 0 bridgehead atoms. The van der Waals surface area contributed by atoms with Gasteiger partial charge in [0.25, 0.3) is 0 Å². The van der Waals surface area contributed by atoms with Gasteiger partial charge >= 0.3 is 0 Å². The summed E-state index contributed by atoms with van der Waals surface area (Å²) in [5, 5.41) is 7.07. The SMILES string of the molecule is CCCC1CNC(C(C)(C)C)CN1Cc1nccs1. The van der Waals surface area contributed by atoms with E-state index in [2.05, 4.69) is 48.3 Å². The summed E-state index contributed by atoms with van der Waals surface area (Å²) in [5.41, 5.74) is 0.318. The van der Waals surface area contributed by atoms with Crippen molar-refractivity contribution in [3.63, 3.8) is 0 Å². The third-order valence-electron chi connectivity index (χ3n) is 4.02. The quantitative estimate of drug-likeness (QED) is 0.919. The summed E-state index contributed by atoms with van der Waals surface area (Å²) in [6.07, 6.45) is 4.44. The standard InChI is InChI=1S/C15H27N3S/c1-5-6-12-9-17-13(15(2,3)4)10-18(12)11-14-16-7-8-19-14/h7-8,12-13,17H,5-6,9-11H2,1-4H3. The Kier molecular flexibility index (Phi) is 4.98. The Morgan fingerprint density at radius 2 is 2.26 bits per heavy atom. The molecule has 1 aromatic heterocycles. The van der Waals surface area contributed by atoms with E-state index in [1.165, 1.54) is 17.8 Å². The lowest BCUT2D eigenvalue weighted by atomic mass is 9.84. The Hall–Kier alpha value is -0.450. The fraction of sp³-hybridized carbons (Fsp3) is 0.800. The predicted molar refractivity (Wildman–Crippen MR) is 82.5 cm³/mol. The monoisotopic (exact) mass is 281 g/mol. The van der Waals surface area contributed by atoms with Crippen LogP contribution in [0.1, 0.15) is 45.5 Å². The molecule has 2 atom stereocenters. The van der Waals surface area contributed by atoms with Crippen LogP contribution in [0.25, 0.3) is 0 Å². The molecule has 2 heterocycles. The van der Waals surface area contributed by atoms with Gasteiger partial charge in [0.15, 0.2) is 0 Å². The average Bonchev–Trinajstić information content (AvgIpc) is 2.83. The van der Waals surface area contributed by atoms with Crippen molar-refractivity contribution in [1.82, 2.24) is 15.2 Å². The number of thiazole rings is 1. The molecule has 0 saturated carbocycles. The summed E-state index contributed by atoms with van der Waals surface area (Å²) >= 11 is 1.77. The number of nitrogens with zero attached hydrogens (tertiary/aromatic N) is 2. The first-order valence-corrected chi connectivity index (χ1v) is 8.24. The van der Waals surface area contributed by atoms with Crippen LogP contribution in [0, 0.1) is 5.41 Å². The molecule has 3 nitrogen and oxygen atoms in total. The number of nitrogens with one attached hydrogen (secondary N) is 1. The lowest BCUT2D eigenvalue weighted by Gasteiger charge is -2.45. The van der Waals surface area contributed by atoms with Crippen LogP contribution in [0.4, 0.5) is 0 Å². The molecular formula is C15H27N3S. The predicted octanol–water partition coefficient (Wildman–Crippen LogP) is 3.13. The van der Waals surface area contributed by atoms with Crippen LogP contribution in [-0.4, -0.2) is 35.1 Å². The van der Waals surface area contributed by atoms with E-state index in [0.29, 0.717) is 17.5 Å². The molecule has 1 saturated heterocycles. The zero-order valence-corrected chi connectivity index (χ0v) is 13.5. The molecule has 19 heavy (non-hydrogen) atoms. The third kappa shape index (κ3) is 4.01. The van der Waals surface area contributed by atoms with Crippen LogP contribution < -0.4 is 5.32 Å². The van der Waals surface area contributed by atoms with Crippen LogP contribution in [0.3, 0.4) is 0 Å². The Balaban J connectivity index is 2.04. The maximum atomic E-state index is 4.45. The van der Waals surface area contributed by atoms with Gasteiger partial charge in [-0.05, 0) is 11.8 Å². The zero-order chi connectivity index (χ0) is 13.9. The fourth-order valence-corrected chi connectivity index (χ4v) is 3.39. The summed E-state index contributed by atoms with van der Waals surface area (Å²) in [7, 11) is 0. The number of rotatable bonds is 4. The van der Waals surface area contributed by atoms with Crippen molar-refractivity contribution < 1.29 is 0 Å². The molecule has 0 radical (unpaired) electrons. The highest BCUT2D eigenvalue weighted by molar-refractivity contribution is 7.09. The number of hydrogen-bond donors (Lipinski definition) is 1. The van der Waals surface area contributed by atoms with E-state index in [9.17, 15) is 0 Å². The van der Waals surface area contributed by atoms with Crippen LogP contribution in [0.2, 0.25) is 0 Å². The van der Waals surface area contributed by atoms with E-state index in [1.54, 1.807) is 11.3 Å². The summed E-state index contributed by atoms with van der Waals surface area (Å²) in [6.45, 7) is 12.5.